The van der Waals surface area contributed by atoms with Crippen LogP contribution in [0, 0.1) is 0 Å². The van der Waals surface area contributed by atoms with Crippen molar-refractivity contribution in [3.63, 3.8) is 0 Å². The molecule has 15 heavy (non-hydrogen) atoms. The van der Waals surface area contributed by atoms with Crippen molar-refractivity contribution >= 4 is 16.5 Å². The first kappa shape index (κ1) is 10.9. The van der Waals surface area contributed by atoms with Crippen LogP contribution in [0.4, 0.5) is 5.13 Å². The molecule has 0 aliphatic heterocycles. The first-order valence-electron chi connectivity index (χ1n) is 5.79. The molecule has 0 aromatic carbocycles. The molecule has 0 radical (unpaired) electrons. The lowest BCUT2D eigenvalue weighted by Gasteiger charge is -2.22. The van der Waals surface area contributed by atoms with Crippen LogP contribution in [-0.2, 0) is 6.42 Å². The molecule has 1 heterocycles. The highest BCUT2D eigenvalue weighted by Crippen LogP contribution is 2.23. The summed E-state index contributed by atoms with van der Waals surface area (Å²) in [6.07, 6.45) is 7.60. The molecule has 0 atom stereocenters. The fourth-order valence-electron chi connectivity index (χ4n) is 2.06. The molecule has 4 heteroatoms. The fourth-order valence-corrected chi connectivity index (χ4v) is 2.88. The molecule has 0 spiro atoms. The molecule has 3 nitrogen and oxygen atoms in total. The minimum Gasteiger partial charge on any atom is -0.359 e. The quantitative estimate of drug-likeness (QED) is 0.827. The van der Waals surface area contributed by atoms with E-state index in [1.54, 1.807) is 11.3 Å². The van der Waals surface area contributed by atoms with E-state index in [4.69, 9.17) is 5.73 Å². The SMILES string of the molecule is NCCc1csc(NC2CCCCC2)n1. The van der Waals surface area contributed by atoms with Crippen LogP contribution in [0.1, 0.15) is 37.8 Å². The summed E-state index contributed by atoms with van der Waals surface area (Å²) in [4.78, 5) is 4.52. The molecule has 1 aliphatic carbocycles. The van der Waals surface area contributed by atoms with E-state index in [2.05, 4.69) is 15.7 Å². The lowest BCUT2D eigenvalue weighted by atomic mass is 9.96. The van der Waals surface area contributed by atoms with Gasteiger partial charge in [0.1, 0.15) is 0 Å². The lowest BCUT2D eigenvalue weighted by Crippen LogP contribution is -2.22. The summed E-state index contributed by atoms with van der Waals surface area (Å²) in [7, 11) is 0. The number of hydrogen-bond acceptors (Lipinski definition) is 4. The molecule has 0 unspecified atom stereocenters. The summed E-state index contributed by atoms with van der Waals surface area (Å²) in [5, 5.41) is 6.71. The molecular formula is C11H19N3S. The summed E-state index contributed by atoms with van der Waals surface area (Å²) in [6.45, 7) is 0.687. The average molecular weight is 225 g/mol. The standard InChI is InChI=1S/C11H19N3S/c12-7-6-10-8-15-11(14-10)13-9-4-2-1-3-5-9/h8-9H,1-7,12H2,(H,13,14). The number of nitrogens with zero attached hydrogens (tertiary/aromatic N) is 1. The van der Waals surface area contributed by atoms with Crippen molar-refractivity contribution in [2.75, 3.05) is 11.9 Å². The van der Waals surface area contributed by atoms with E-state index >= 15 is 0 Å². The first-order valence-corrected chi connectivity index (χ1v) is 6.67. The van der Waals surface area contributed by atoms with E-state index in [0.717, 1.165) is 17.2 Å². The Labute approximate surface area is 95.1 Å². The van der Waals surface area contributed by atoms with Gasteiger partial charge in [-0.1, -0.05) is 19.3 Å². The van der Waals surface area contributed by atoms with Crippen molar-refractivity contribution in [2.45, 2.75) is 44.6 Å². The van der Waals surface area contributed by atoms with Crippen molar-refractivity contribution in [1.29, 1.82) is 0 Å². The third-order valence-corrected chi connectivity index (χ3v) is 3.71. The van der Waals surface area contributed by atoms with Crippen LogP contribution in [0.15, 0.2) is 5.38 Å². The normalized spacial score (nSPS) is 17.9. The van der Waals surface area contributed by atoms with E-state index in [1.165, 1.54) is 32.1 Å². The Morgan fingerprint density at radius 2 is 2.20 bits per heavy atom. The molecule has 1 aliphatic rings. The molecule has 0 saturated heterocycles. The van der Waals surface area contributed by atoms with Gasteiger partial charge >= 0.3 is 0 Å². The smallest absolute Gasteiger partial charge is 0.183 e. The van der Waals surface area contributed by atoms with Crippen LogP contribution in [-0.4, -0.2) is 17.6 Å². The third kappa shape index (κ3) is 3.18. The van der Waals surface area contributed by atoms with Crippen LogP contribution >= 0.6 is 11.3 Å². The fraction of sp³-hybridized carbons (Fsp3) is 0.727. The van der Waals surface area contributed by atoms with E-state index in [-0.39, 0.29) is 0 Å². The highest BCUT2D eigenvalue weighted by atomic mass is 32.1. The number of nitrogens with two attached hydrogens (primary N) is 1. The van der Waals surface area contributed by atoms with E-state index in [9.17, 15) is 0 Å². The second kappa shape index (κ2) is 5.47. The van der Waals surface area contributed by atoms with Crippen LogP contribution < -0.4 is 11.1 Å². The Morgan fingerprint density at radius 1 is 1.40 bits per heavy atom. The number of aromatic nitrogens is 1. The van der Waals surface area contributed by atoms with Gasteiger partial charge in [-0.05, 0) is 19.4 Å². The van der Waals surface area contributed by atoms with Gasteiger partial charge in [-0.25, -0.2) is 4.98 Å². The lowest BCUT2D eigenvalue weighted by molar-refractivity contribution is 0.462. The number of nitrogens with one attached hydrogen (secondary N) is 1. The molecule has 1 saturated carbocycles. The Hall–Kier alpha value is -0.610. The largest absolute Gasteiger partial charge is 0.359 e. The zero-order valence-electron chi connectivity index (χ0n) is 9.04. The zero-order valence-corrected chi connectivity index (χ0v) is 9.85. The average Bonchev–Trinajstić information content (AvgIpc) is 2.68. The summed E-state index contributed by atoms with van der Waals surface area (Å²) in [5.74, 6) is 0. The number of anilines is 1. The van der Waals surface area contributed by atoms with E-state index < -0.39 is 0 Å². The van der Waals surface area contributed by atoms with Gasteiger partial charge in [0.2, 0.25) is 0 Å². The maximum absolute atomic E-state index is 5.50. The molecule has 0 amide bonds. The molecule has 0 bridgehead atoms. The Balaban J connectivity index is 1.86. The predicted molar refractivity (Wildman–Crippen MR) is 65.4 cm³/mol. The number of rotatable bonds is 4. The van der Waals surface area contributed by atoms with Crippen LogP contribution in [0.5, 0.6) is 0 Å². The molecule has 84 valence electrons. The molecular weight excluding hydrogens is 206 g/mol. The molecule has 1 aromatic heterocycles. The minimum absolute atomic E-state index is 0.649. The summed E-state index contributed by atoms with van der Waals surface area (Å²) in [5.41, 5.74) is 6.62. The topological polar surface area (TPSA) is 50.9 Å². The Kier molecular flexibility index (Phi) is 3.97. The number of hydrogen-bond donors (Lipinski definition) is 2. The molecule has 2 rings (SSSR count). The summed E-state index contributed by atoms with van der Waals surface area (Å²) >= 11 is 1.71. The zero-order chi connectivity index (χ0) is 10.5. The van der Waals surface area contributed by atoms with E-state index in [0.29, 0.717) is 12.6 Å². The molecule has 1 fully saturated rings. The van der Waals surface area contributed by atoms with Crippen molar-refractivity contribution in [1.82, 2.24) is 4.98 Å². The van der Waals surface area contributed by atoms with Gasteiger partial charge in [0.15, 0.2) is 5.13 Å². The van der Waals surface area contributed by atoms with Crippen LogP contribution in [0.2, 0.25) is 0 Å². The van der Waals surface area contributed by atoms with Gasteiger partial charge in [0, 0.05) is 17.8 Å². The summed E-state index contributed by atoms with van der Waals surface area (Å²) < 4.78 is 0. The maximum atomic E-state index is 5.50. The minimum atomic E-state index is 0.649. The van der Waals surface area contributed by atoms with Crippen LogP contribution in [0.3, 0.4) is 0 Å². The molecule has 1 aromatic rings. The highest BCUT2D eigenvalue weighted by molar-refractivity contribution is 7.13. The van der Waals surface area contributed by atoms with Gasteiger partial charge in [0.05, 0.1) is 5.69 Å². The van der Waals surface area contributed by atoms with Gasteiger partial charge in [-0.3, -0.25) is 0 Å². The second-order valence-electron chi connectivity index (χ2n) is 4.16. The highest BCUT2D eigenvalue weighted by Gasteiger charge is 2.14. The van der Waals surface area contributed by atoms with Gasteiger partial charge in [-0.15, -0.1) is 11.3 Å². The third-order valence-electron chi connectivity index (χ3n) is 2.88. The maximum Gasteiger partial charge on any atom is 0.183 e. The van der Waals surface area contributed by atoms with Gasteiger partial charge < -0.3 is 11.1 Å². The first-order chi connectivity index (χ1) is 7.38. The number of thiazole rings is 1. The van der Waals surface area contributed by atoms with Crippen LogP contribution in [0.25, 0.3) is 0 Å². The van der Waals surface area contributed by atoms with E-state index in [1.807, 2.05) is 0 Å². The second-order valence-corrected chi connectivity index (χ2v) is 5.02. The molecule has 3 N–H and O–H groups in total. The monoisotopic (exact) mass is 225 g/mol. The Bertz CT molecular complexity index is 292. The van der Waals surface area contributed by atoms with Crippen molar-refractivity contribution in [3.8, 4) is 0 Å². The summed E-state index contributed by atoms with van der Waals surface area (Å²) in [6, 6.07) is 0.649. The van der Waals surface area contributed by atoms with Crippen molar-refractivity contribution in [3.05, 3.63) is 11.1 Å². The van der Waals surface area contributed by atoms with Crippen molar-refractivity contribution < 1.29 is 0 Å². The van der Waals surface area contributed by atoms with Gasteiger partial charge in [0.25, 0.3) is 0 Å². The Morgan fingerprint density at radius 3 is 2.93 bits per heavy atom. The van der Waals surface area contributed by atoms with Gasteiger partial charge in [-0.2, -0.15) is 0 Å². The van der Waals surface area contributed by atoms with Crippen molar-refractivity contribution in [2.24, 2.45) is 5.73 Å². The predicted octanol–water partition coefficient (Wildman–Crippen LogP) is 2.39.